The van der Waals surface area contributed by atoms with Crippen LogP contribution in [0.15, 0.2) is 0 Å². The SMILES string of the molecule is O=C(CC(C(=O)OCCC(F)(F)C(F)(F)C(F)(F)C(F)(F)C(F)(F)C(F)(F)F)C(CC(=O)OCCC(F)(F)C(F)(F)C(F)(F)C(F)(F)C(F)(F)C(F)(F)F)C(=O)OCCC(F)(F)C(F)(F)C(F)(F)C(F)(F)C(F)(F)C(F)(F)F)OCCC(F)(F)C(F)(F)C(F)(F)C(F)(F)C(F)(F)C(F)(F)F. The summed E-state index contributed by atoms with van der Waals surface area (Å²) in [4.78, 5) is 51.7. The summed E-state index contributed by atoms with van der Waals surface area (Å²) in [5.74, 6) is -192. The van der Waals surface area contributed by atoms with Crippen LogP contribution >= 0.6 is 0 Å². The summed E-state index contributed by atoms with van der Waals surface area (Å²) in [6, 6.07) is 0. The maximum Gasteiger partial charge on any atom is 0.460 e. The predicted octanol–water partition coefficient (Wildman–Crippen LogP) is 17.7. The second-order valence-corrected chi connectivity index (χ2v) is 19.4. The number of alkyl halides is 52. The zero-order valence-electron chi connectivity index (χ0n) is 45.1. The molecule has 0 N–H and O–H groups in total. The molecule has 2 atom stereocenters. The lowest BCUT2D eigenvalue weighted by Crippen LogP contribution is -2.70. The number of carbonyl (C=O) groups excluding carboxylic acids is 4. The van der Waals surface area contributed by atoms with E-state index in [9.17, 15) is 247 Å². The number of hydrogen-bond acceptors (Lipinski definition) is 8. The monoisotopic (exact) mass is 1620 g/mol. The molecular weight excluding hydrogens is 1600 g/mol. The first-order valence-electron chi connectivity index (χ1n) is 23.5. The van der Waals surface area contributed by atoms with Gasteiger partial charge in [0.05, 0.1) is 76.8 Å². The van der Waals surface area contributed by atoms with Gasteiger partial charge in [0, 0.05) is 0 Å². The smallest absolute Gasteiger partial charge is 0.460 e. The van der Waals surface area contributed by atoms with Gasteiger partial charge in [0.2, 0.25) is 0 Å². The van der Waals surface area contributed by atoms with Crippen LogP contribution in [0.4, 0.5) is 228 Å². The van der Waals surface area contributed by atoms with Crippen LogP contribution in [0.2, 0.25) is 0 Å². The highest BCUT2D eigenvalue weighted by molar-refractivity contribution is 5.88. The van der Waals surface area contributed by atoms with Gasteiger partial charge >= 0.3 is 167 Å². The van der Waals surface area contributed by atoms with Crippen molar-refractivity contribution in [3.8, 4) is 0 Å². The van der Waals surface area contributed by atoms with Crippen molar-refractivity contribution >= 4 is 23.9 Å². The van der Waals surface area contributed by atoms with Gasteiger partial charge in [-0.3, -0.25) is 19.2 Å². The second-order valence-electron chi connectivity index (χ2n) is 19.4. The lowest BCUT2D eigenvalue weighted by molar-refractivity contribution is -0.440. The van der Waals surface area contributed by atoms with Crippen LogP contribution in [0.25, 0.3) is 0 Å². The van der Waals surface area contributed by atoms with E-state index in [0.717, 1.165) is 0 Å². The number of carbonyl (C=O) groups is 4. The van der Waals surface area contributed by atoms with Gasteiger partial charge in [0.15, 0.2) is 0 Å². The summed E-state index contributed by atoms with van der Waals surface area (Å²) >= 11 is 0. The first-order chi connectivity index (χ1) is 43.0. The quantitative estimate of drug-likeness (QED) is 0.0351. The molecule has 0 aromatic heterocycles. The van der Waals surface area contributed by atoms with E-state index in [1.807, 2.05) is 0 Å². The molecule has 594 valence electrons. The average molecular weight is 1620 g/mol. The van der Waals surface area contributed by atoms with E-state index >= 15 is 0 Å². The van der Waals surface area contributed by atoms with E-state index in [1.54, 1.807) is 0 Å². The molecule has 0 aromatic rings. The average Bonchev–Trinajstić information content (AvgIpc) is 0.733. The molecule has 0 spiro atoms. The minimum Gasteiger partial charge on any atom is -0.465 e. The molecule has 0 aromatic carbocycles. The highest BCUT2D eigenvalue weighted by Crippen LogP contribution is 2.66. The number of halogens is 52. The van der Waals surface area contributed by atoms with E-state index in [-0.39, 0.29) is 0 Å². The van der Waals surface area contributed by atoms with Gasteiger partial charge in [-0.05, 0) is 0 Å². The van der Waals surface area contributed by atoms with E-state index in [1.165, 1.54) is 0 Å². The maximum absolute atomic E-state index is 14.5. The molecule has 0 rings (SSSR count). The summed E-state index contributed by atoms with van der Waals surface area (Å²) in [6.45, 7) is -13.4. The van der Waals surface area contributed by atoms with Crippen molar-refractivity contribution in [2.24, 2.45) is 11.8 Å². The summed E-state index contributed by atoms with van der Waals surface area (Å²) in [5.41, 5.74) is 0. The van der Waals surface area contributed by atoms with E-state index in [4.69, 9.17) is 0 Å². The Labute approximate surface area is 511 Å². The topological polar surface area (TPSA) is 105 Å². The Morgan fingerprint density at radius 1 is 0.190 bits per heavy atom. The molecule has 0 amide bonds. The predicted molar refractivity (Wildman–Crippen MR) is 202 cm³/mol. The van der Waals surface area contributed by atoms with E-state index in [0.29, 0.717) is 0 Å². The zero-order chi connectivity index (χ0) is 81.4. The molecule has 0 radical (unpaired) electrons. The molecule has 0 saturated heterocycles. The maximum atomic E-state index is 14.5. The molecule has 0 aliphatic heterocycles. The molecule has 2 unspecified atom stereocenters. The normalized spacial score (nSPS) is 16.5. The lowest BCUT2D eigenvalue weighted by atomic mass is 9.86. The molecule has 0 heterocycles. The van der Waals surface area contributed by atoms with Crippen molar-refractivity contribution in [3.63, 3.8) is 0 Å². The Bertz CT molecular complexity index is 2650. The van der Waals surface area contributed by atoms with Crippen LogP contribution < -0.4 is 0 Å². The second kappa shape index (κ2) is 27.4. The van der Waals surface area contributed by atoms with Crippen molar-refractivity contribution in [2.75, 3.05) is 26.4 Å². The molecular formula is C40H22F52O8. The third kappa shape index (κ3) is 15.5. The molecule has 60 heteroatoms. The summed E-state index contributed by atoms with van der Waals surface area (Å²) in [5, 5.41) is 0. The standard InChI is InChI=1S/C40H22F52O8/c41-17(42,21(49,50)25(57,58)29(65,66)33(73,74)37(81,82)83)1-5-97-13(93)9-11(15(95)99-7-3-19(45,46)23(53,54)27(61,62)31(69,70)35(77,78)39(87,88)89)12(16(96)100-8-4-20(47,48)24(55,56)28(63,64)32(71,72)36(79,80)40(90,91)92)10-14(94)98-6-2-18(43,44)22(51,52)26(59,60)30(67,68)34(75,76)38(84,85)86/h11-12H,1-10H2. The van der Waals surface area contributed by atoms with Gasteiger partial charge in [-0.1, -0.05) is 0 Å². The Morgan fingerprint density at radius 3 is 0.460 bits per heavy atom. The molecule has 0 bridgehead atoms. The van der Waals surface area contributed by atoms with Crippen molar-refractivity contribution in [1.82, 2.24) is 0 Å². The Kier molecular flexibility index (Phi) is 25.8. The first-order valence-corrected chi connectivity index (χ1v) is 23.5. The van der Waals surface area contributed by atoms with Gasteiger partial charge in [0.1, 0.15) is 0 Å². The molecule has 100 heavy (non-hydrogen) atoms. The first kappa shape index (κ1) is 94.2. The van der Waals surface area contributed by atoms with E-state index < -0.39 is 244 Å². The third-order valence-corrected chi connectivity index (χ3v) is 12.5. The summed E-state index contributed by atoms with van der Waals surface area (Å²) in [6.07, 6.45) is -55.0. The van der Waals surface area contributed by atoms with Gasteiger partial charge < -0.3 is 18.9 Å². The van der Waals surface area contributed by atoms with Crippen LogP contribution in [0.5, 0.6) is 0 Å². The molecule has 0 aliphatic rings. The van der Waals surface area contributed by atoms with Gasteiger partial charge in [-0.2, -0.15) is 228 Å². The number of rotatable bonds is 35. The third-order valence-electron chi connectivity index (χ3n) is 12.5. The fourth-order valence-electron chi connectivity index (χ4n) is 6.45. The van der Waals surface area contributed by atoms with Crippen LogP contribution in [-0.2, 0) is 38.1 Å². The van der Waals surface area contributed by atoms with Crippen molar-refractivity contribution in [1.29, 1.82) is 0 Å². The van der Waals surface area contributed by atoms with Crippen molar-refractivity contribution in [2.45, 2.75) is 182 Å². The Hall–Kier alpha value is -5.76. The van der Waals surface area contributed by atoms with Crippen molar-refractivity contribution < 1.29 is 266 Å². The Morgan fingerprint density at radius 2 is 0.320 bits per heavy atom. The fraction of sp³-hybridized carbons (Fsp3) is 0.900. The van der Waals surface area contributed by atoms with Gasteiger partial charge in [-0.25, -0.2) is 0 Å². The number of hydrogen-bond donors (Lipinski definition) is 0. The van der Waals surface area contributed by atoms with Crippen LogP contribution in [0, 0.1) is 11.8 Å². The molecule has 0 aliphatic carbocycles. The number of ether oxygens (including phenoxy) is 4. The highest BCUT2D eigenvalue weighted by Gasteiger charge is 2.95. The minimum atomic E-state index is -8.86. The van der Waals surface area contributed by atoms with E-state index in [2.05, 4.69) is 18.9 Å². The zero-order valence-corrected chi connectivity index (χ0v) is 45.1. The van der Waals surface area contributed by atoms with Crippen LogP contribution in [0.1, 0.15) is 38.5 Å². The van der Waals surface area contributed by atoms with Crippen molar-refractivity contribution in [3.05, 3.63) is 0 Å². The highest BCUT2D eigenvalue weighted by atomic mass is 19.5. The summed E-state index contributed by atoms with van der Waals surface area (Å²) in [7, 11) is 0. The Balaban J connectivity index is 8.38. The summed E-state index contributed by atoms with van der Waals surface area (Å²) < 4.78 is 721. The van der Waals surface area contributed by atoms with Gasteiger partial charge in [-0.15, -0.1) is 0 Å². The van der Waals surface area contributed by atoms with Gasteiger partial charge in [0.25, 0.3) is 0 Å². The van der Waals surface area contributed by atoms with Crippen LogP contribution in [-0.4, -0.2) is 193 Å². The minimum absolute atomic E-state index is 3.27. The largest absolute Gasteiger partial charge is 0.465 e. The number of esters is 4. The molecule has 0 saturated carbocycles. The molecule has 8 nitrogen and oxygen atoms in total. The molecule has 0 fully saturated rings. The fourth-order valence-corrected chi connectivity index (χ4v) is 6.45. The van der Waals surface area contributed by atoms with Crippen LogP contribution in [0.3, 0.4) is 0 Å². The lowest BCUT2D eigenvalue weighted by Gasteiger charge is -2.39.